The van der Waals surface area contributed by atoms with E-state index in [1.165, 1.54) is 0 Å². The van der Waals surface area contributed by atoms with Gasteiger partial charge in [0.1, 0.15) is 0 Å². The molecule has 0 aromatic heterocycles. The van der Waals surface area contributed by atoms with Gasteiger partial charge in [0, 0.05) is 19.1 Å². The number of likely N-dealkylation sites (tertiary alicyclic amines) is 1. The van der Waals surface area contributed by atoms with E-state index in [2.05, 4.69) is 6.92 Å². The molecule has 2 rings (SSSR count). The lowest BCUT2D eigenvalue weighted by molar-refractivity contribution is -0.132. The van der Waals surface area contributed by atoms with Crippen molar-refractivity contribution in [3.8, 4) is 0 Å². The van der Waals surface area contributed by atoms with Gasteiger partial charge in [-0.15, -0.1) is 0 Å². The van der Waals surface area contributed by atoms with E-state index in [-0.39, 0.29) is 11.9 Å². The number of carbonyl (C=O) groups is 1. The van der Waals surface area contributed by atoms with E-state index in [1.54, 1.807) is 0 Å². The lowest BCUT2D eigenvalue weighted by Gasteiger charge is -2.36. The van der Waals surface area contributed by atoms with Gasteiger partial charge in [-0.2, -0.15) is 0 Å². The van der Waals surface area contributed by atoms with Crippen molar-refractivity contribution in [1.29, 1.82) is 0 Å². The summed E-state index contributed by atoms with van der Waals surface area (Å²) in [5, 5.41) is 0. The standard InChI is InChI=1S/C15H22N2O/c1-2-13-11-17(9-8-14(13)16)15(18)10-12-6-4-3-5-7-12/h3-7,13-14H,2,8-11,16H2,1H3. The second kappa shape index (κ2) is 6.01. The van der Waals surface area contributed by atoms with E-state index in [0.29, 0.717) is 12.3 Å². The fraction of sp³-hybridized carbons (Fsp3) is 0.533. The van der Waals surface area contributed by atoms with Crippen molar-refractivity contribution in [3.05, 3.63) is 35.9 Å². The first-order valence-electron chi connectivity index (χ1n) is 6.78. The van der Waals surface area contributed by atoms with E-state index in [9.17, 15) is 4.79 Å². The van der Waals surface area contributed by atoms with Crippen molar-refractivity contribution in [1.82, 2.24) is 4.90 Å². The summed E-state index contributed by atoms with van der Waals surface area (Å²) in [6.07, 6.45) is 2.49. The van der Waals surface area contributed by atoms with E-state index < -0.39 is 0 Å². The molecular formula is C15H22N2O. The Morgan fingerprint density at radius 2 is 2.11 bits per heavy atom. The molecule has 1 saturated heterocycles. The molecular weight excluding hydrogens is 224 g/mol. The first kappa shape index (κ1) is 13.1. The second-order valence-corrected chi connectivity index (χ2v) is 5.12. The summed E-state index contributed by atoms with van der Waals surface area (Å²) in [5.74, 6) is 0.685. The third kappa shape index (κ3) is 3.10. The van der Waals surface area contributed by atoms with Crippen LogP contribution in [0.5, 0.6) is 0 Å². The van der Waals surface area contributed by atoms with Crippen molar-refractivity contribution in [2.75, 3.05) is 13.1 Å². The molecule has 3 nitrogen and oxygen atoms in total. The van der Waals surface area contributed by atoms with Gasteiger partial charge in [0.2, 0.25) is 5.91 Å². The number of carbonyl (C=O) groups excluding carboxylic acids is 1. The summed E-state index contributed by atoms with van der Waals surface area (Å²) in [5.41, 5.74) is 7.15. The summed E-state index contributed by atoms with van der Waals surface area (Å²) >= 11 is 0. The highest BCUT2D eigenvalue weighted by molar-refractivity contribution is 5.78. The molecule has 1 fully saturated rings. The smallest absolute Gasteiger partial charge is 0.227 e. The van der Waals surface area contributed by atoms with Gasteiger partial charge in [-0.25, -0.2) is 0 Å². The first-order valence-corrected chi connectivity index (χ1v) is 6.78. The normalized spacial score (nSPS) is 24.0. The van der Waals surface area contributed by atoms with Gasteiger partial charge >= 0.3 is 0 Å². The molecule has 2 N–H and O–H groups in total. The van der Waals surface area contributed by atoms with E-state index in [0.717, 1.165) is 31.5 Å². The molecule has 0 aliphatic carbocycles. The Morgan fingerprint density at radius 1 is 1.39 bits per heavy atom. The molecule has 1 aliphatic rings. The minimum Gasteiger partial charge on any atom is -0.342 e. The van der Waals surface area contributed by atoms with Crippen molar-refractivity contribution in [2.24, 2.45) is 11.7 Å². The largest absolute Gasteiger partial charge is 0.342 e. The van der Waals surface area contributed by atoms with Gasteiger partial charge in [-0.05, 0) is 17.9 Å². The van der Waals surface area contributed by atoms with Crippen LogP contribution in [0.3, 0.4) is 0 Å². The number of piperidine rings is 1. The van der Waals surface area contributed by atoms with E-state index >= 15 is 0 Å². The SMILES string of the molecule is CCC1CN(C(=O)Cc2ccccc2)CCC1N. The summed E-state index contributed by atoms with van der Waals surface area (Å²) in [7, 11) is 0. The molecule has 1 aliphatic heterocycles. The van der Waals surface area contributed by atoms with Gasteiger partial charge in [0.25, 0.3) is 0 Å². The van der Waals surface area contributed by atoms with Crippen molar-refractivity contribution >= 4 is 5.91 Å². The highest BCUT2D eigenvalue weighted by Gasteiger charge is 2.27. The highest BCUT2D eigenvalue weighted by Crippen LogP contribution is 2.19. The van der Waals surface area contributed by atoms with E-state index in [4.69, 9.17) is 5.73 Å². The third-order valence-corrected chi connectivity index (χ3v) is 3.87. The molecule has 98 valence electrons. The Hall–Kier alpha value is -1.35. The molecule has 1 heterocycles. The number of nitrogens with zero attached hydrogens (tertiary/aromatic N) is 1. The number of nitrogens with two attached hydrogens (primary N) is 1. The summed E-state index contributed by atoms with van der Waals surface area (Å²) in [6, 6.07) is 10.2. The number of rotatable bonds is 3. The number of amides is 1. The maximum Gasteiger partial charge on any atom is 0.227 e. The molecule has 0 saturated carbocycles. The van der Waals surface area contributed by atoms with Crippen LogP contribution in [0.15, 0.2) is 30.3 Å². The zero-order valence-electron chi connectivity index (χ0n) is 11.0. The second-order valence-electron chi connectivity index (χ2n) is 5.12. The molecule has 18 heavy (non-hydrogen) atoms. The maximum atomic E-state index is 12.2. The molecule has 0 spiro atoms. The Morgan fingerprint density at radius 3 is 2.78 bits per heavy atom. The molecule has 0 radical (unpaired) electrons. The lowest BCUT2D eigenvalue weighted by Crippen LogP contribution is -2.49. The van der Waals surface area contributed by atoms with Crippen molar-refractivity contribution < 1.29 is 4.79 Å². The predicted molar refractivity (Wildman–Crippen MR) is 73.1 cm³/mol. The molecule has 1 aromatic rings. The minimum atomic E-state index is 0.228. The van der Waals surface area contributed by atoms with Gasteiger partial charge in [0.05, 0.1) is 6.42 Å². The van der Waals surface area contributed by atoms with Crippen LogP contribution >= 0.6 is 0 Å². The van der Waals surface area contributed by atoms with Crippen LogP contribution in [0.4, 0.5) is 0 Å². The molecule has 1 aromatic carbocycles. The van der Waals surface area contributed by atoms with E-state index in [1.807, 2.05) is 35.2 Å². The van der Waals surface area contributed by atoms with Gasteiger partial charge in [-0.3, -0.25) is 4.79 Å². The van der Waals surface area contributed by atoms with Gasteiger partial charge < -0.3 is 10.6 Å². The van der Waals surface area contributed by atoms with Gasteiger partial charge in [-0.1, -0.05) is 43.7 Å². The molecule has 3 heteroatoms. The van der Waals surface area contributed by atoms with Crippen molar-refractivity contribution in [2.45, 2.75) is 32.2 Å². The zero-order chi connectivity index (χ0) is 13.0. The van der Waals surface area contributed by atoms with Crippen LogP contribution in [-0.4, -0.2) is 29.9 Å². The quantitative estimate of drug-likeness (QED) is 0.884. The Labute approximate surface area is 109 Å². The molecule has 0 bridgehead atoms. The van der Waals surface area contributed by atoms with Crippen LogP contribution in [0.2, 0.25) is 0 Å². The summed E-state index contributed by atoms with van der Waals surface area (Å²) in [4.78, 5) is 14.2. The van der Waals surface area contributed by atoms with Crippen LogP contribution in [0.1, 0.15) is 25.3 Å². The van der Waals surface area contributed by atoms with Crippen LogP contribution in [-0.2, 0) is 11.2 Å². The highest BCUT2D eigenvalue weighted by atomic mass is 16.2. The Balaban J connectivity index is 1.93. The van der Waals surface area contributed by atoms with Crippen LogP contribution in [0.25, 0.3) is 0 Å². The number of hydrogen-bond donors (Lipinski definition) is 1. The predicted octanol–water partition coefficient (Wildman–Crippen LogP) is 1.81. The number of hydrogen-bond acceptors (Lipinski definition) is 2. The zero-order valence-corrected chi connectivity index (χ0v) is 11.0. The Kier molecular flexibility index (Phi) is 4.37. The van der Waals surface area contributed by atoms with Crippen LogP contribution in [0, 0.1) is 5.92 Å². The third-order valence-electron chi connectivity index (χ3n) is 3.87. The summed E-state index contributed by atoms with van der Waals surface area (Å²) in [6.45, 7) is 3.78. The van der Waals surface area contributed by atoms with Crippen molar-refractivity contribution in [3.63, 3.8) is 0 Å². The Bertz CT molecular complexity index is 391. The minimum absolute atomic E-state index is 0.228. The monoisotopic (exact) mass is 246 g/mol. The fourth-order valence-corrected chi connectivity index (χ4v) is 2.59. The van der Waals surface area contributed by atoms with Crippen LogP contribution < -0.4 is 5.73 Å². The van der Waals surface area contributed by atoms with Gasteiger partial charge in [0.15, 0.2) is 0 Å². The molecule has 2 atom stereocenters. The number of benzene rings is 1. The average molecular weight is 246 g/mol. The topological polar surface area (TPSA) is 46.3 Å². The molecule has 1 amide bonds. The first-order chi connectivity index (χ1) is 8.70. The lowest BCUT2D eigenvalue weighted by atomic mass is 9.90. The summed E-state index contributed by atoms with van der Waals surface area (Å²) < 4.78 is 0. The average Bonchev–Trinajstić information content (AvgIpc) is 2.40. The maximum absolute atomic E-state index is 12.2. The fourth-order valence-electron chi connectivity index (χ4n) is 2.59. The molecule has 2 unspecified atom stereocenters.